The van der Waals surface area contributed by atoms with E-state index in [1.807, 2.05) is 32.0 Å². The van der Waals surface area contributed by atoms with E-state index < -0.39 is 11.9 Å². The molecule has 1 amide bonds. The molecule has 0 unspecified atom stereocenters. The third-order valence-electron chi connectivity index (χ3n) is 4.22. The molecule has 0 saturated heterocycles. The quantitative estimate of drug-likeness (QED) is 0.611. The molecular weight excluding hydrogens is 332 g/mol. The summed E-state index contributed by atoms with van der Waals surface area (Å²) in [5.74, 6) is -1.18. The molecule has 1 heterocycles. The molecule has 1 aromatic heterocycles. The molecule has 138 valence electrons. The van der Waals surface area contributed by atoms with Gasteiger partial charge in [0, 0.05) is 24.5 Å². The Hall–Kier alpha value is -2.89. The van der Waals surface area contributed by atoms with E-state index in [0.29, 0.717) is 5.56 Å². The van der Waals surface area contributed by atoms with Gasteiger partial charge in [-0.25, -0.2) is 4.79 Å². The second-order valence-corrected chi connectivity index (χ2v) is 6.06. The van der Waals surface area contributed by atoms with Crippen molar-refractivity contribution in [2.24, 2.45) is 7.05 Å². The van der Waals surface area contributed by atoms with E-state index in [-0.39, 0.29) is 18.1 Å². The van der Waals surface area contributed by atoms with Gasteiger partial charge in [0.25, 0.3) is 5.91 Å². The van der Waals surface area contributed by atoms with Crippen LogP contribution in [0.2, 0.25) is 0 Å². The molecule has 1 aromatic carbocycles. The molecule has 0 aliphatic heterocycles. The SMILES string of the molecule is CCc1cccc(CC)c1NC(=O)COC(=O)c1cc(C(C)=O)cn1C. The average Bonchev–Trinajstić information content (AvgIpc) is 3.02. The van der Waals surface area contributed by atoms with E-state index in [1.165, 1.54) is 17.6 Å². The molecule has 26 heavy (non-hydrogen) atoms. The number of aryl methyl sites for hydroxylation is 3. The summed E-state index contributed by atoms with van der Waals surface area (Å²) in [6, 6.07) is 7.36. The van der Waals surface area contributed by atoms with Gasteiger partial charge in [-0.1, -0.05) is 32.0 Å². The van der Waals surface area contributed by atoms with Crippen molar-refractivity contribution in [1.29, 1.82) is 0 Å². The number of benzene rings is 1. The summed E-state index contributed by atoms with van der Waals surface area (Å²) in [5.41, 5.74) is 3.52. The number of aromatic nitrogens is 1. The number of hydrogen-bond donors (Lipinski definition) is 1. The van der Waals surface area contributed by atoms with Crippen molar-refractivity contribution in [2.75, 3.05) is 11.9 Å². The minimum atomic E-state index is -0.644. The second kappa shape index (κ2) is 8.47. The fourth-order valence-electron chi connectivity index (χ4n) is 2.74. The number of rotatable bonds is 7. The van der Waals surface area contributed by atoms with E-state index in [2.05, 4.69) is 5.32 Å². The Morgan fingerprint density at radius 1 is 1.12 bits per heavy atom. The maximum atomic E-state index is 12.2. The number of nitrogens with one attached hydrogen (secondary N) is 1. The Labute approximate surface area is 153 Å². The van der Waals surface area contributed by atoms with Gasteiger partial charge in [0.15, 0.2) is 12.4 Å². The summed E-state index contributed by atoms with van der Waals surface area (Å²) >= 11 is 0. The van der Waals surface area contributed by atoms with Gasteiger partial charge in [0.1, 0.15) is 5.69 Å². The molecule has 1 N–H and O–H groups in total. The highest BCUT2D eigenvalue weighted by Crippen LogP contribution is 2.22. The molecule has 0 aliphatic rings. The lowest BCUT2D eigenvalue weighted by Gasteiger charge is -2.14. The normalized spacial score (nSPS) is 10.5. The van der Waals surface area contributed by atoms with Gasteiger partial charge in [0.05, 0.1) is 0 Å². The molecular formula is C20H24N2O4. The highest BCUT2D eigenvalue weighted by molar-refractivity contribution is 5.99. The maximum Gasteiger partial charge on any atom is 0.355 e. The molecule has 2 rings (SSSR count). The van der Waals surface area contributed by atoms with Crippen molar-refractivity contribution in [1.82, 2.24) is 4.57 Å². The van der Waals surface area contributed by atoms with Gasteiger partial charge in [-0.05, 0) is 37.0 Å². The van der Waals surface area contributed by atoms with Crippen LogP contribution in [-0.2, 0) is 29.4 Å². The van der Waals surface area contributed by atoms with Crippen molar-refractivity contribution in [2.45, 2.75) is 33.6 Å². The largest absolute Gasteiger partial charge is 0.451 e. The van der Waals surface area contributed by atoms with E-state index >= 15 is 0 Å². The Kier molecular flexibility index (Phi) is 6.33. The number of amides is 1. The van der Waals surface area contributed by atoms with E-state index in [9.17, 15) is 14.4 Å². The van der Waals surface area contributed by atoms with Gasteiger partial charge >= 0.3 is 5.97 Å². The van der Waals surface area contributed by atoms with E-state index in [1.54, 1.807) is 13.2 Å². The van der Waals surface area contributed by atoms with Crippen LogP contribution in [0.25, 0.3) is 0 Å². The number of hydrogen-bond acceptors (Lipinski definition) is 4. The zero-order valence-electron chi connectivity index (χ0n) is 15.6. The Balaban J connectivity index is 2.03. The zero-order valence-corrected chi connectivity index (χ0v) is 15.6. The van der Waals surface area contributed by atoms with Crippen LogP contribution in [0.5, 0.6) is 0 Å². The van der Waals surface area contributed by atoms with Crippen LogP contribution in [0.1, 0.15) is 52.7 Å². The number of Topliss-reactive ketones (excluding diaryl/α,β-unsaturated/α-hetero) is 1. The van der Waals surface area contributed by atoms with Gasteiger partial charge in [-0.2, -0.15) is 0 Å². The van der Waals surface area contributed by atoms with Gasteiger partial charge in [0.2, 0.25) is 0 Å². The van der Waals surface area contributed by atoms with E-state index in [0.717, 1.165) is 29.7 Å². The van der Waals surface area contributed by atoms with E-state index in [4.69, 9.17) is 4.74 Å². The standard InChI is InChI=1S/C20H24N2O4/c1-5-14-8-7-9-15(6-2)19(14)21-18(24)12-26-20(25)17-10-16(13(3)23)11-22(17)4/h7-11H,5-6,12H2,1-4H3,(H,21,24). The number of esters is 1. The molecule has 0 spiro atoms. The van der Waals surface area contributed by atoms with Gasteiger partial charge in [-0.15, -0.1) is 0 Å². The zero-order chi connectivity index (χ0) is 19.3. The lowest BCUT2D eigenvalue weighted by Crippen LogP contribution is -2.23. The number of ether oxygens (including phenoxy) is 1. The monoisotopic (exact) mass is 356 g/mol. The number of anilines is 1. The topological polar surface area (TPSA) is 77.4 Å². The van der Waals surface area contributed by atoms with Crippen LogP contribution in [0.3, 0.4) is 0 Å². The van der Waals surface area contributed by atoms with Crippen molar-refractivity contribution in [3.05, 3.63) is 52.8 Å². The summed E-state index contributed by atoms with van der Waals surface area (Å²) in [4.78, 5) is 35.8. The second-order valence-electron chi connectivity index (χ2n) is 6.06. The first-order chi connectivity index (χ1) is 12.4. The number of ketones is 1. The summed E-state index contributed by atoms with van der Waals surface area (Å²) in [6.07, 6.45) is 3.14. The van der Waals surface area contributed by atoms with Crippen molar-refractivity contribution in [3.8, 4) is 0 Å². The molecule has 0 fully saturated rings. The molecule has 0 saturated carbocycles. The number of para-hydroxylation sites is 1. The first kappa shape index (κ1) is 19.4. The van der Waals surface area contributed by atoms with Crippen molar-refractivity contribution in [3.63, 3.8) is 0 Å². The Bertz CT molecular complexity index is 814. The molecule has 6 nitrogen and oxygen atoms in total. The third-order valence-corrected chi connectivity index (χ3v) is 4.22. The summed E-state index contributed by atoms with van der Waals surface area (Å²) < 4.78 is 6.61. The lowest BCUT2D eigenvalue weighted by atomic mass is 10.0. The molecule has 0 radical (unpaired) electrons. The summed E-state index contributed by atoms with van der Waals surface area (Å²) in [5, 5.41) is 2.85. The number of nitrogens with zero attached hydrogens (tertiary/aromatic N) is 1. The number of carbonyl (C=O) groups is 3. The highest BCUT2D eigenvalue weighted by Gasteiger charge is 2.17. The van der Waals surface area contributed by atoms with Crippen LogP contribution in [0.4, 0.5) is 5.69 Å². The van der Waals surface area contributed by atoms with Gasteiger partial charge in [-0.3, -0.25) is 9.59 Å². The molecule has 0 bridgehead atoms. The molecule has 0 atom stereocenters. The molecule has 0 aliphatic carbocycles. The van der Waals surface area contributed by atoms with Crippen LogP contribution in [0, 0.1) is 0 Å². The third kappa shape index (κ3) is 4.39. The average molecular weight is 356 g/mol. The van der Waals surface area contributed by atoms with Crippen molar-refractivity contribution >= 4 is 23.3 Å². The first-order valence-electron chi connectivity index (χ1n) is 8.62. The first-order valence-corrected chi connectivity index (χ1v) is 8.62. The molecule has 6 heteroatoms. The van der Waals surface area contributed by atoms with Crippen LogP contribution in [0.15, 0.2) is 30.5 Å². The number of carbonyl (C=O) groups excluding carboxylic acids is 3. The fourth-order valence-corrected chi connectivity index (χ4v) is 2.74. The smallest absolute Gasteiger partial charge is 0.355 e. The Morgan fingerprint density at radius 3 is 2.23 bits per heavy atom. The van der Waals surface area contributed by atoms with Crippen LogP contribution < -0.4 is 5.32 Å². The summed E-state index contributed by atoms with van der Waals surface area (Å²) in [6.45, 7) is 5.08. The predicted molar refractivity (Wildman–Crippen MR) is 99.5 cm³/mol. The summed E-state index contributed by atoms with van der Waals surface area (Å²) in [7, 11) is 1.65. The minimum absolute atomic E-state index is 0.138. The van der Waals surface area contributed by atoms with Crippen LogP contribution >= 0.6 is 0 Å². The molecule has 2 aromatic rings. The lowest BCUT2D eigenvalue weighted by molar-refractivity contribution is -0.119. The van der Waals surface area contributed by atoms with Gasteiger partial charge < -0.3 is 14.6 Å². The van der Waals surface area contributed by atoms with Crippen molar-refractivity contribution < 1.29 is 19.1 Å². The highest BCUT2D eigenvalue weighted by atomic mass is 16.5. The minimum Gasteiger partial charge on any atom is -0.451 e. The predicted octanol–water partition coefficient (Wildman–Crippen LogP) is 3.15. The van der Waals surface area contributed by atoms with Crippen LogP contribution in [-0.4, -0.2) is 28.8 Å². The Morgan fingerprint density at radius 2 is 1.73 bits per heavy atom. The maximum absolute atomic E-state index is 12.2. The fraction of sp³-hybridized carbons (Fsp3) is 0.350.